The molecule has 0 spiro atoms. The minimum Gasteiger partial charge on any atom is -0.353 e. The van der Waals surface area contributed by atoms with Crippen molar-refractivity contribution in [3.05, 3.63) is 24.0 Å². The van der Waals surface area contributed by atoms with Crippen molar-refractivity contribution in [3.63, 3.8) is 0 Å². The first-order chi connectivity index (χ1) is 8.47. The molecule has 0 amide bonds. The molecule has 5 heteroatoms. The Morgan fingerprint density at radius 1 is 1.33 bits per heavy atom. The lowest BCUT2D eigenvalue weighted by Gasteiger charge is -2.09. The third kappa shape index (κ3) is 3.15. The van der Waals surface area contributed by atoms with Gasteiger partial charge in [-0.25, -0.2) is 0 Å². The normalized spacial score (nSPS) is 17.3. The summed E-state index contributed by atoms with van der Waals surface area (Å²) in [6.45, 7) is 0.690. The molecule has 0 bridgehead atoms. The Labute approximate surface area is 104 Å². The second-order valence-electron chi connectivity index (χ2n) is 4.90. The Hall–Kier alpha value is -1.26. The highest BCUT2D eigenvalue weighted by atomic mass is 19.4. The van der Waals surface area contributed by atoms with Crippen molar-refractivity contribution in [2.24, 2.45) is 5.92 Å². The first-order valence-electron chi connectivity index (χ1n) is 6.24. The SMILES string of the molecule is O=C(c1ccn(CCC2CCCC2)c1)C(F)(F)F. The van der Waals surface area contributed by atoms with Crippen LogP contribution >= 0.6 is 0 Å². The second kappa shape index (κ2) is 5.16. The van der Waals surface area contributed by atoms with Gasteiger partial charge in [0.15, 0.2) is 0 Å². The van der Waals surface area contributed by atoms with Crippen LogP contribution in [0.3, 0.4) is 0 Å². The van der Waals surface area contributed by atoms with E-state index in [1.165, 1.54) is 37.9 Å². The third-order valence-corrected chi connectivity index (χ3v) is 3.54. The van der Waals surface area contributed by atoms with Crippen LogP contribution in [-0.4, -0.2) is 16.5 Å². The summed E-state index contributed by atoms with van der Waals surface area (Å²) >= 11 is 0. The molecular weight excluding hydrogens is 243 g/mol. The van der Waals surface area contributed by atoms with Gasteiger partial charge in [0.1, 0.15) is 0 Å². The Morgan fingerprint density at radius 2 is 2.00 bits per heavy atom. The van der Waals surface area contributed by atoms with E-state index < -0.39 is 12.0 Å². The van der Waals surface area contributed by atoms with Gasteiger partial charge in [0, 0.05) is 24.5 Å². The summed E-state index contributed by atoms with van der Waals surface area (Å²) in [5.41, 5.74) is -0.270. The molecule has 0 radical (unpaired) electrons. The van der Waals surface area contributed by atoms with Crippen LogP contribution in [0.1, 0.15) is 42.5 Å². The quantitative estimate of drug-likeness (QED) is 0.753. The van der Waals surface area contributed by atoms with Crippen molar-refractivity contribution in [1.82, 2.24) is 4.57 Å². The zero-order chi connectivity index (χ0) is 13.2. The summed E-state index contributed by atoms with van der Waals surface area (Å²) in [7, 11) is 0. The molecule has 1 saturated carbocycles. The van der Waals surface area contributed by atoms with Crippen molar-refractivity contribution < 1.29 is 18.0 Å². The number of halogens is 3. The van der Waals surface area contributed by atoms with E-state index in [0.717, 1.165) is 6.42 Å². The van der Waals surface area contributed by atoms with Gasteiger partial charge >= 0.3 is 6.18 Å². The number of rotatable bonds is 4. The summed E-state index contributed by atoms with van der Waals surface area (Å²) in [4.78, 5) is 11.0. The van der Waals surface area contributed by atoms with Gasteiger partial charge in [-0.3, -0.25) is 4.79 Å². The Balaban J connectivity index is 1.91. The summed E-state index contributed by atoms with van der Waals surface area (Å²) in [5.74, 6) is -1.07. The maximum absolute atomic E-state index is 12.2. The van der Waals surface area contributed by atoms with E-state index in [1.54, 1.807) is 10.8 Å². The molecule has 0 aliphatic heterocycles. The van der Waals surface area contributed by atoms with Gasteiger partial charge in [0.25, 0.3) is 5.78 Å². The van der Waals surface area contributed by atoms with Crippen LogP contribution in [0.25, 0.3) is 0 Å². The summed E-state index contributed by atoms with van der Waals surface area (Å²) in [6.07, 6.45) is 4.00. The lowest BCUT2D eigenvalue weighted by Crippen LogP contribution is -2.22. The van der Waals surface area contributed by atoms with Gasteiger partial charge < -0.3 is 4.57 Å². The van der Waals surface area contributed by atoms with Crippen LogP contribution in [0.4, 0.5) is 13.2 Å². The fraction of sp³-hybridized carbons (Fsp3) is 0.615. The minimum absolute atomic E-state index is 0.270. The largest absolute Gasteiger partial charge is 0.454 e. The van der Waals surface area contributed by atoms with Crippen molar-refractivity contribution in [1.29, 1.82) is 0 Å². The number of carbonyl (C=O) groups is 1. The van der Waals surface area contributed by atoms with Crippen LogP contribution in [-0.2, 0) is 6.54 Å². The van der Waals surface area contributed by atoms with E-state index in [4.69, 9.17) is 0 Å². The highest BCUT2D eigenvalue weighted by Crippen LogP contribution is 2.28. The van der Waals surface area contributed by atoms with Gasteiger partial charge in [-0.2, -0.15) is 13.2 Å². The van der Waals surface area contributed by atoms with Crippen LogP contribution in [0.2, 0.25) is 0 Å². The van der Waals surface area contributed by atoms with Crippen LogP contribution in [0, 0.1) is 5.92 Å². The summed E-state index contributed by atoms with van der Waals surface area (Å²) < 4.78 is 38.3. The molecule has 100 valence electrons. The Morgan fingerprint density at radius 3 is 2.61 bits per heavy atom. The molecule has 1 fully saturated rings. The molecular formula is C13H16F3NO. The van der Waals surface area contributed by atoms with E-state index in [9.17, 15) is 18.0 Å². The van der Waals surface area contributed by atoms with E-state index in [0.29, 0.717) is 12.5 Å². The molecule has 0 saturated heterocycles. The molecule has 2 rings (SSSR count). The molecule has 0 atom stereocenters. The van der Waals surface area contributed by atoms with Crippen LogP contribution < -0.4 is 0 Å². The molecule has 2 nitrogen and oxygen atoms in total. The number of aryl methyl sites for hydroxylation is 1. The van der Waals surface area contributed by atoms with E-state index in [1.807, 2.05) is 0 Å². The maximum Gasteiger partial charge on any atom is 0.454 e. The number of Topliss-reactive ketones (excluding diaryl/α,β-unsaturated/α-hetero) is 1. The number of ketones is 1. The highest BCUT2D eigenvalue weighted by molar-refractivity contribution is 6.00. The molecule has 1 heterocycles. The lowest BCUT2D eigenvalue weighted by molar-refractivity contribution is -0.0885. The predicted molar refractivity (Wildman–Crippen MR) is 61.4 cm³/mol. The second-order valence-corrected chi connectivity index (χ2v) is 4.90. The zero-order valence-electron chi connectivity index (χ0n) is 10.0. The fourth-order valence-electron chi connectivity index (χ4n) is 2.51. The van der Waals surface area contributed by atoms with Crippen molar-refractivity contribution in [3.8, 4) is 0 Å². The van der Waals surface area contributed by atoms with Gasteiger partial charge in [-0.15, -0.1) is 0 Å². The fourth-order valence-corrected chi connectivity index (χ4v) is 2.51. The standard InChI is InChI=1S/C13H16F3NO/c14-13(15,16)12(18)11-6-8-17(9-11)7-5-10-3-1-2-4-10/h6,8-10H,1-5,7H2. The molecule has 0 aromatic carbocycles. The molecule has 0 unspecified atom stereocenters. The van der Waals surface area contributed by atoms with Crippen molar-refractivity contribution in [2.45, 2.75) is 44.8 Å². The van der Waals surface area contributed by atoms with E-state index >= 15 is 0 Å². The van der Waals surface area contributed by atoms with E-state index in [2.05, 4.69) is 0 Å². The van der Waals surface area contributed by atoms with Gasteiger partial charge in [0.2, 0.25) is 0 Å². The number of nitrogens with zero attached hydrogens (tertiary/aromatic N) is 1. The molecule has 0 N–H and O–H groups in total. The molecule has 1 aliphatic rings. The van der Waals surface area contributed by atoms with E-state index in [-0.39, 0.29) is 5.56 Å². The predicted octanol–water partition coefficient (Wildman–Crippen LogP) is 3.81. The van der Waals surface area contributed by atoms with Crippen LogP contribution in [0.15, 0.2) is 18.5 Å². The Kier molecular flexibility index (Phi) is 3.78. The molecule has 1 aromatic rings. The minimum atomic E-state index is -4.78. The number of hydrogen-bond acceptors (Lipinski definition) is 1. The third-order valence-electron chi connectivity index (χ3n) is 3.54. The lowest BCUT2D eigenvalue weighted by atomic mass is 10.0. The number of carbonyl (C=O) groups excluding carboxylic acids is 1. The Bertz CT molecular complexity index is 416. The van der Waals surface area contributed by atoms with Crippen molar-refractivity contribution in [2.75, 3.05) is 0 Å². The maximum atomic E-state index is 12.2. The molecule has 1 aliphatic carbocycles. The average molecular weight is 259 g/mol. The smallest absolute Gasteiger partial charge is 0.353 e. The number of alkyl halides is 3. The molecule has 18 heavy (non-hydrogen) atoms. The van der Waals surface area contributed by atoms with Crippen LogP contribution in [0.5, 0.6) is 0 Å². The monoisotopic (exact) mass is 259 g/mol. The number of hydrogen-bond donors (Lipinski definition) is 0. The van der Waals surface area contributed by atoms with Crippen molar-refractivity contribution >= 4 is 5.78 Å². The van der Waals surface area contributed by atoms with Gasteiger partial charge in [-0.05, 0) is 18.4 Å². The first kappa shape index (κ1) is 13.2. The zero-order valence-corrected chi connectivity index (χ0v) is 10.0. The van der Waals surface area contributed by atoms with Gasteiger partial charge in [0.05, 0.1) is 0 Å². The first-order valence-corrected chi connectivity index (χ1v) is 6.24. The summed E-state index contributed by atoms with van der Waals surface area (Å²) in [5, 5.41) is 0. The number of aromatic nitrogens is 1. The summed E-state index contributed by atoms with van der Waals surface area (Å²) in [6, 6.07) is 1.24. The average Bonchev–Trinajstić information content (AvgIpc) is 2.95. The highest BCUT2D eigenvalue weighted by Gasteiger charge is 2.39. The topological polar surface area (TPSA) is 22.0 Å². The van der Waals surface area contributed by atoms with Gasteiger partial charge in [-0.1, -0.05) is 25.7 Å². The molecule has 1 aromatic heterocycles.